The molecule has 0 atom stereocenters. The molecule has 0 bridgehead atoms. The highest BCUT2D eigenvalue weighted by molar-refractivity contribution is 5.89. The van der Waals surface area contributed by atoms with Crippen molar-refractivity contribution >= 4 is 11.7 Å². The van der Waals surface area contributed by atoms with E-state index in [2.05, 4.69) is 48.2 Å². The van der Waals surface area contributed by atoms with E-state index >= 15 is 0 Å². The Morgan fingerprint density at radius 3 is 2.57 bits per heavy atom. The number of amides is 2. The van der Waals surface area contributed by atoms with Crippen molar-refractivity contribution in [3.8, 4) is 0 Å². The van der Waals surface area contributed by atoms with E-state index in [4.69, 9.17) is 0 Å². The maximum Gasteiger partial charge on any atom is 0.321 e. The van der Waals surface area contributed by atoms with E-state index in [-0.39, 0.29) is 11.4 Å². The van der Waals surface area contributed by atoms with Gasteiger partial charge in [-0.1, -0.05) is 32.9 Å². The largest absolute Gasteiger partial charge is 0.348 e. The van der Waals surface area contributed by atoms with Crippen LogP contribution in [-0.4, -0.2) is 34.0 Å². The molecule has 2 N–H and O–H groups in total. The molecule has 5 nitrogen and oxygen atoms in total. The van der Waals surface area contributed by atoms with E-state index < -0.39 is 0 Å². The number of H-pyrrole nitrogens is 1. The Morgan fingerprint density at radius 2 is 1.87 bits per heavy atom. The Labute approximate surface area is 137 Å². The van der Waals surface area contributed by atoms with E-state index in [0.29, 0.717) is 13.1 Å². The number of aromatic amines is 1. The van der Waals surface area contributed by atoms with Crippen LogP contribution in [-0.2, 0) is 18.3 Å². The fraction of sp³-hybridized carbons (Fsp3) is 0.444. The first-order valence-corrected chi connectivity index (χ1v) is 8.11. The molecule has 5 heteroatoms. The lowest BCUT2D eigenvalue weighted by Crippen LogP contribution is -2.36. The highest BCUT2D eigenvalue weighted by atomic mass is 16.2. The fourth-order valence-corrected chi connectivity index (χ4v) is 2.84. The number of aromatic nitrogens is 2. The number of nitrogens with one attached hydrogen (secondary N) is 2. The van der Waals surface area contributed by atoms with Crippen molar-refractivity contribution < 1.29 is 4.79 Å². The van der Waals surface area contributed by atoms with Gasteiger partial charge in [0.25, 0.3) is 0 Å². The van der Waals surface area contributed by atoms with Gasteiger partial charge in [-0.25, -0.2) is 9.78 Å². The predicted molar refractivity (Wildman–Crippen MR) is 91.7 cm³/mol. The third-order valence-electron chi connectivity index (χ3n) is 4.35. The maximum atomic E-state index is 12.5. The molecule has 0 fully saturated rings. The second-order valence-electron chi connectivity index (χ2n) is 7.07. The Kier molecular flexibility index (Phi) is 4.11. The lowest BCUT2D eigenvalue weighted by Gasteiger charge is -2.22. The molecule has 3 rings (SSSR count). The second kappa shape index (κ2) is 6.07. The first-order valence-electron chi connectivity index (χ1n) is 8.11. The zero-order valence-electron chi connectivity index (χ0n) is 14.0. The lowest BCUT2D eigenvalue weighted by atomic mass is 9.87. The number of hydrogen-bond acceptors (Lipinski definition) is 2. The number of hydrogen-bond donors (Lipinski definition) is 2. The van der Waals surface area contributed by atoms with Gasteiger partial charge in [0, 0.05) is 37.3 Å². The molecule has 0 saturated carbocycles. The van der Waals surface area contributed by atoms with Gasteiger partial charge in [-0.2, -0.15) is 0 Å². The van der Waals surface area contributed by atoms with Crippen molar-refractivity contribution in [2.75, 3.05) is 18.4 Å². The molecule has 1 aliphatic rings. The molecule has 2 aromatic rings. The molecule has 2 amide bonds. The smallest absolute Gasteiger partial charge is 0.321 e. The van der Waals surface area contributed by atoms with Crippen LogP contribution in [0, 0.1) is 0 Å². The molecule has 1 aromatic carbocycles. The third-order valence-corrected chi connectivity index (χ3v) is 4.35. The number of urea groups is 1. The first-order chi connectivity index (χ1) is 10.9. The van der Waals surface area contributed by atoms with Crippen molar-refractivity contribution in [2.45, 2.75) is 39.0 Å². The highest BCUT2D eigenvalue weighted by Gasteiger charge is 2.20. The number of nitrogens with zero attached hydrogens (tertiary/aromatic N) is 2. The van der Waals surface area contributed by atoms with Gasteiger partial charge in [-0.15, -0.1) is 0 Å². The number of imidazole rings is 1. The minimum atomic E-state index is -0.0429. The SMILES string of the molecule is CC(C)(C)c1ccc(NC(=O)N2CCc3nc[nH]c3CC2)cc1. The predicted octanol–water partition coefficient (Wildman–Crippen LogP) is 3.34. The van der Waals surface area contributed by atoms with Gasteiger partial charge >= 0.3 is 6.03 Å². The van der Waals surface area contributed by atoms with Crippen LogP contribution in [0.15, 0.2) is 30.6 Å². The van der Waals surface area contributed by atoms with Crippen LogP contribution in [0.3, 0.4) is 0 Å². The zero-order chi connectivity index (χ0) is 16.4. The van der Waals surface area contributed by atoms with Crippen molar-refractivity contribution in [3.05, 3.63) is 47.5 Å². The summed E-state index contributed by atoms with van der Waals surface area (Å²) in [5.74, 6) is 0. The van der Waals surface area contributed by atoms with Crippen LogP contribution in [0.4, 0.5) is 10.5 Å². The molecule has 0 spiro atoms. The zero-order valence-corrected chi connectivity index (χ0v) is 14.0. The van der Waals surface area contributed by atoms with Gasteiger partial charge < -0.3 is 15.2 Å². The Hall–Kier alpha value is -2.30. The molecule has 23 heavy (non-hydrogen) atoms. The molecule has 0 saturated heterocycles. The quantitative estimate of drug-likeness (QED) is 0.848. The third kappa shape index (κ3) is 3.55. The summed E-state index contributed by atoms with van der Waals surface area (Å²) in [6.45, 7) is 7.95. The summed E-state index contributed by atoms with van der Waals surface area (Å²) in [6, 6.07) is 8.05. The van der Waals surface area contributed by atoms with E-state index in [0.717, 1.165) is 29.9 Å². The number of fused-ring (bicyclic) bond motifs is 1. The minimum absolute atomic E-state index is 0.0429. The van der Waals surface area contributed by atoms with Crippen molar-refractivity contribution in [1.82, 2.24) is 14.9 Å². The fourth-order valence-electron chi connectivity index (χ4n) is 2.84. The molecule has 0 unspecified atom stereocenters. The van der Waals surface area contributed by atoms with Crippen molar-refractivity contribution in [1.29, 1.82) is 0 Å². The molecule has 1 aromatic heterocycles. The van der Waals surface area contributed by atoms with Crippen LogP contribution in [0.5, 0.6) is 0 Å². The van der Waals surface area contributed by atoms with Crippen LogP contribution >= 0.6 is 0 Å². The first kappa shape index (κ1) is 15.6. The molecule has 2 heterocycles. The topological polar surface area (TPSA) is 61.0 Å². The van der Waals surface area contributed by atoms with Gasteiger partial charge in [0.2, 0.25) is 0 Å². The van der Waals surface area contributed by atoms with Gasteiger partial charge in [0.05, 0.1) is 12.0 Å². The Morgan fingerprint density at radius 1 is 1.17 bits per heavy atom. The lowest BCUT2D eigenvalue weighted by molar-refractivity contribution is 0.214. The van der Waals surface area contributed by atoms with Gasteiger partial charge in [0.1, 0.15) is 0 Å². The number of benzene rings is 1. The molecule has 0 aliphatic carbocycles. The summed E-state index contributed by atoms with van der Waals surface area (Å²) >= 11 is 0. The Bertz CT molecular complexity index is 659. The molecular weight excluding hydrogens is 288 g/mol. The average Bonchev–Trinajstić information content (AvgIpc) is 2.85. The monoisotopic (exact) mass is 312 g/mol. The van der Waals surface area contributed by atoms with E-state index in [1.54, 1.807) is 6.33 Å². The van der Waals surface area contributed by atoms with Gasteiger partial charge in [-0.05, 0) is 23.1 Å². The minimum Gasteiger partial charge on any atom is -0.348 e. The number of carbonyl (C=O) groups excluding carboxylic acids is 1. The normalized spacial score (nSPS) is 15.0. The van der Waals surface area contributed by atoms with E-state index in [1.165, 1.54) is 5.56 Å². The van der Waals surface area contributed by atoms with Crippen molar-refractivity contribution in [2.24, 2.45) is 0 Å². The summed E-state index contributed by atoms with van der Waals surface area (Å²) in [7, 11) is 0. The van der Waals surface area contributed by atoms with Crippen molar-refractivity contribution in [3.63, 3.8) is 0 Å². The maximum absolute atomic E-state index is 12.5. The van der Waals surface area contributed by atoms with E-state index in [9.17, 15) is 4.79 Å². The molecule has 0 radical (unpaired) electrons. The highest BCUT2D eigenvalue weighted by Crippen LogP contribution is 2.23. The molecule has 122 valence electrons. The average molecular weight is 312 g/mol. The van der Waals surface area contributed by atoms with Crippen LogP contribution in [0.1, 0.15) is 37.7 Å². The summed E-state index contributed by atoms with van der Waals surface area (Å²) < 4.78 is 0. The summed E-state index contributed by atoms with van der Waals surface area (Å²) in [5, 5.41) is 2.99. The van der Waals surface area contributed by atoms with Gasteiger partial charge in [-0.3, -0.25) is 0 Å². The Balaban J connectivity index is 1.62. The van der Waals surface area contributed by atoms with Crippen LogP contribution in [0.25, 0.3) is 0 Å². The summed E-state index contributed by atoms with van der Waals surface area (Å²) in [5.41, 5.74) is 4.44. The van der Waals surface area contributed by atoms with Gasteiger partial charge in [0.15, 0.2) is 0 Å². The number of anilines is 1. The standard InChI is InChI=1S/C18H24N4O/c1-18(2,3)13-4-6-14(7-5-13)21-17(23)22-10-8-15-16(9-11-22)20-12-19-15/h4-7,12H,8-11H2,1-3H3,(H,19,20)(H,21,23). The van der Waals surface area contributed by atoms with Crippen LogP contribution in [0.2, 0.25) is 0 Å². The molecule has 1 aliphatic heterocycles. The summed E-state index contributed by atoms with van der Waals surface area (Å²) in [6.07, 6.45) is 3.36. The van der Waals surface area contributed by atoms with Crippen LogP contribution < -0.4 is 5.32 Å². The second-order valence-corrected chi connectivity index (χ2v) is 7.07. The number of carbonyl (C=O) groups is 1. The summed E-state index contributed by atoms with van der Waals surface area (Å²) in [4.78, 5) is 21.8. The van der Waals surface area contributed by atoms with E-state index in [1.807, 2.05) is 17.0 Å². The molecular formula is C18H24N4O. The number of rotatable bonds is 1.